The van der Waals surface area contributed by atoms with Crippen LogP contribution in [0.5, 0.6) is 0 Å². The van der Waals surface area contributed by atoms with Crippen LogP contribution in [0.2, 0.25) is 0 Å². The predicted octanol–water partition coefficient (Wildman–Crippen LogP) is 4.76. The first-order valence-corrected chi connectivity index (χ1v) is 12.0. The Bertz CT molecular complexity index is 525. The monoisotopic (exact) mass is 377 g/mol. The molecule has 0 amide bonds. The molecule has 4 fully saturated rings. The Hall–Kier alpha value is -0.120. The third-order valence-electron chi connectivity index (χ3n) is 9.74. The second-order valence-electron chi connectivity index (χ2n) is 10.8. The molecule has 4 aliphatic rings. The number of hydrogen-bond acceptors (Lipinski definition) is 3. The van der Waals surface area contributed by atoms with E-state index in [4.69, 9.17) is 10.5 Å². The van der Waals surface area contributed by atoms with Crippen LogP contribution < -0.4 is 5.73 Å². The number of fused-ring (bicyclic) bond motifs is 5. The minimum Gasteiger partial charge on any atom is -0.387 e. The Morgan fingerprint density at radius 1 is 1.00 bits per heavy atom. The maximum atomic E-state index is 11.0. The minimum absolute atomic E-state index is 0.399. The minimum atomic E-state index is -0.556. The van der Waals surface area contributed by atoms with E-state index in [0.29, 0.717) is 24.7 Å². The lowest BCUT2D eigenvalue weighted by molar-refractivity contribution is -0.128. The zero-order chi connectivity index (χ0) is 19.2. The van der Waals surface area contributed by atoms with Crippen LogP contribution in [0.25, 0.3) is 0 Å². The molecule has 3 N–H and O–H groups in total. The lowest BCUT2D eigenvalue weighted by Gasteiger charge is -2.57. The van der Waals surface area contributed by atoms with Crippen LogP contribution in [0.1, 0.15) is 85.0 Å². The first-order valence-electron chi connectivity index (χ1n) is 12.0. The van der Waals surface area contributed by atoms with Crippen molar-refractivity contribution in [3.8, 4) is 0 Å². The van der Waals surface area contributed by atoms with Gasteiger partial charge in [-0.15, -0.1) is 0 Å². The van der Waals surface area contributed by atoms with E-state index in [1.807, 2.05) is 6.92 Å². The van der Waals surface area contributed by atoms with Crippen molar-refractivity contribution in [2.24, 2.45) is 46.7 Å². The van der Waals surface area contributed by atoms with E-state index < -0.39 is 5.60 Å². The summed E-state index contributed by atoms with van der Waals surface area (Å²) < 4.78 is 5.62. The van der Waals surface area contributed by atoms with E-state index in [1.165, 1.54) is 44.9 Å². The summed E-state index contributed by atoms with van der Waals surface area (Å²) >= 11 is 0. The van der Waals surface area contributed by atoms with Crippen LogP contribution in [-0.4, -0.2) is 30.0 Å². The maximum Gasteiger partial charge on any atom is 0.0883 e. The maximum absolute atomic E-state index is 11.0. The van der Waals surface area contributed by atoms with Crippen molar-refractivity contribution in [2.45, 2.75) is 96.6 Å². The highest BCUT2D eigenvalue weighted by Gasteiger charge is 2.58. The van der Waals surface area contributed by atoms with E-state index in [9.17, 15) is 5.11 Å². The normalized spacial score (nSPS) is 50.6. The van der Waals surface area contributed by atoms with Crippen LogP contribution in [0, 0.1) is 40.9 Å². The first-order chi connectivity index (χ1) is 12.9. The molecular weight excluding hydrogens is 334 g/mol. The molecule has 0 aromatic rings. The van der Waals surface area contributed by atoms with Crippen molar-refractivity contribution >= 4 is 0 Å². The molecule has 3 heteroatoms. The van der Waals surface area contributed by atoms with E-state index >= 15 is 0 Å². The molecule has 156 valence electrons. The Morgan fingerprint density at radius 3 is 2.52 bits per heavy atom. The molecule has 0 aromatic heterocycles. The average molecular weight is 378 g/mol. The second kappa shape index (κ2) is 7.61. The summed E-state index contributed by atoms with van der Waals surface area (Å²) in [6, 6.07) is 0.399. The van der Waals surface area contributed by atoms with Crippen LogP contribution in [0.4, 0.5) is 0 Å². The first kappa shape index (κ1) is 20.2. The van der Waals surface area contributed by atoms with Gasteiger partial charge in [0, 0.05) is 12.6 Å². The highest BCUT2D eigenvalue weighted by atomic mass is 16.5. The van der Waals surface area contributed by atoms with Crippen molar-refractivity contribution < 1.29 is 9.84 Å². The van der Waals surface area contributed by atoms with Crippen molar-refractivity contribution in [3.63, 3.8) is 0 Å². The number of hydrogen-bond donors (Lipinski definition) is 2. The number of rotatable bonds is 5. The van der Waals surface area contributed by atoms with Gasteiger partial charge >= 0.3 is 0 Å². The summed E-state index contributed by atoms with van der Waals surface area (Å²) in [7, 11) is 0. The van der Waals surface area contributed by atoms with E-state index in [2.05, 4.69) is 13.8 Å². The summed E-state index contributed by atoms with van der Waals surface area (Å²) in [6.07, 6.45) is 12.6. The highest BCUT2D eigenvalue weighted by Crippen LogP contribution is 2.65. The molecule has 0 spiro atoms. The molecular formula is C24H43NO2. The van der Waals surface area contributed by atoms with Crippen LogP contribution >= 0.6 is 0 Å². The van der Waals surface area contributed by atoms with E-state index in [-0.39, 0.29) is 0 Å². The molecule has 0 bridgehead atoms. The van der Waals surface area contributed by atoms with Crippen molar-refractivity contribution in [3.05, 3.63) is 0 Å². The highest BCUT2D eigenvalue weighted by molar-refractivity contribution is 5.08. The molecule has 4 aliphatic carbocycles. The average Bonchev–Trinajstić information content (AvgIpc) is 3.02. The van der Waals surface area contributed by atoms with Crippen molar-refractivity contribution in [1.82, 2.24) is 0 Å². The molecule has 9 atom stereocenters. The molecule has 0 saturated heterocycles. The molecule has 4 rings (SSSR count). The van der Waals surface area contributed by atoms with Gasteiger partial charge in [0.1, 0.15) is 0 Å². The largest absolute Gasteiger partial charge is 0.387 e. The second-order valence-corrected chi connectivity index (χ2v) is 10.8. The number of aliphatic hydroxyl groups is 1. The standard InChI is InChI=1S/C24H43NO2/c1-4-22(25)21-9-8-20-19-7-6-16-14-24(26,15-27-5-2)13-11-17(16)18(19)10-12-23(20,21)3/h16-22,26H,4-15,25H2,1-3H3/t16-,17+,18-,19-,20+,21-,22-,23+,24-/m1/s1. The van der Waals surface area contributed by atoms with Crippen molar-refractivity contribution in [2.75, 3.05) is 13.2 Å². The van der Waals surface area contributed by atoms with Gasteiger partial charge in [-0.05, 0) is 112 Å². The SMILES string of the molecule is CCOC[C@@]1(O)CC[C@H]2[C@H](CC[C@@H]3[C@@H]2CC[C@]2(C)[C@@H]([C@H](N)CC)CC[C@@H]32)C1. The van der Waals surface area contributed by atoms with Gasteiger partial charge in [0.15, 0.2) is 0 Å². The zero-order valence-electron chi connectivity index (χ0n) is 18.0. The molecule has 0 unspecified atom stereocenters. The van der Waals surface area contributed by atoms with E-state index in [1.54, 1.807) is 0 Å². The van der Waals surface area contributed by atoms with Gasteiger partial charge in [-0.25, -0.2) is 0 Å². The fraction of sp³-hybridized carbons (Fsp3) is 1.00. The lowest BCUT2D eigenvalue weighted by atomic mass is 9.48. The van der Waals surface area contributed by atoms with Gasteiger partial charge in [0.05, 0.1) is 12.2 Å². The van der Waals surface area contributed by atoms with E-state index in [0.717, 1.165) is 54.8 Å². The molecule has 0 heterocycles. The Labute approximate surface area is 166 Å². The van der Waals surface area contributed by atoms with Crippen molar-refractivity contribution in [1.29, 1.82) is 0 Å². The van der Waals surface area contributed by atoms with Crippen LogP contribution in [0.15, 0.2) is 0 Å². The third kappa shape index (κ3) is 3.40. The molecule has 0 aliphatic heterocycles. The fourth-order valence-electron chi connectivity index (χ4n) is 8.41. The Balaban J connectivity index is 1.46. The number of nitrogens with two attached hydrogens (primary N) is 1. The van der Waals surface area contributed by atoms with Gasteiger partial charge in [-0.3, -0.25) is 0 Å². The van der Waals surface area contributed by atoms with Gasteiger partial charge in [0.2, 0.25) is 0 Å². The molecule has 3 nitrogen and oxygen atoms in total. The summed E-state index contributed by atoms with van der Waals surface area (Å²) in [6.45, 7) is 8.14. The fourth-order valence-corrected chi connectivity index (χ4v) is 8.41. The smallest absolute Gasteiger partial charge is 0.0883 e. The van der Waals surface area contributed by atoms with Gasteiger partial charge in [-0.1, -0.05) is 13.8 Å². The lowest BCUT2D eigenvalue weighted by Crippen LogP contribution is -2.53. The summed E-state index contributed by atoms with van der Waals surface area (Å²) in [5.41, 5.74) is 6.51. The summed E-state index contributed by atoms with van der Waals surface area (Å²) in [5.74, 6) is 5.07. The quantitative estimate of drug-likeness (QED) is 0.726. The molecule has 4 saturated carbocycles. The van der Waals surface area contributed by atoms with Gasteiger partial charge in [-0.2, -0.15) is 0 Å². The molecule has 0 radical (unpaired) electrons. The topological polar surface area (TPSA) is 55.5 Å². The summed E-state index contributed by atoms with van der Waals surface area (Å²) in [4.78, 5) is 0. The van der Waals surface area contributed by atoms with Gasteiger partial charge in [0.25, 0.3) is 0 Å². The Kier molecular flexibility index (Phi) is 5.68. The van der Waals surface area contributed by atoms with Gasteiger partial charge < -0.3 is 15.6 Å². The predicted molar refractivity (Wildman–Crippen MR) is 110 cm³/mol. The van der Waals surface area contributed by atoms with Crippen LogP contribution in [-0.2, 0) is 4.74 Å². The Morgan fingerprint density at radius 2 is 1.78 bits per heavy atom. The third-order valence-corrected chi connectivity index (χ3v) is 9.74. The molecule has 27 heavy (non-hydrogen) atoms. The zero-order valence-corrected chi connectivity index (χ0v) is 18.0. The molecule has 0 aromatic carbocycles. The van der Waals surface area contributed by atoms with Crippen LogP contribution in [0.3, 0.4) is 0 Å². The number of ether oxygens (including phenoxy) is 1. The summed E-state index contributed by atoms with van der Waals surface area (Å²) in [5, 5.41) is 11.0.